The molecule has 0 radical (unpaired) electrons. The van der Waals surface area contributed by atoms with Crippen molar-refractivity contribution < 1.29 is 14.3 Å². The molecule has 2 aliphatic heterocycles. The highest BCUT2D eigenvalue weighted by Crippen LogP contribution is 2.33. The zero-order chi connectivity index (χ0) is 18.9. The normalized spacial score (nSPS) is 18.9. The number of aromatic nitrogens is 3. The number of amides is 1. The maximum atomic E-state index is 12.7. The fourth-order valence-corrected chi connectivity index (χ4v) is 3.82. The second-order valence-corrected chi connectivity index (χ2v) is 7.06. The Morgan fingerprint density at radius 3 is 3.04 bits per heavy atom. The Kier molecular flexibility index (Phi) is 4.20. The summed E-state index contributed by atoms with van der Waals surface area (Å²) in [6, 6.07) is 11.5. The van der Waals surface area contributed by atoms with Crippen molar-refractivity contribution in [3.05, 3.63) is 60.1 Å². The van der Waals surface area contributed by atoms with Crippen molar-refractivity contribution in [2.75, 3.05) is 19.9 Å². The van der Waals surface area contributed by atoms with Crippen molar-refractivity contribution in [1.29, 1.82) is 0 Å². The molecule has 4 heterocycles. The van der Waals surface area contributed by atoms with Crippen LogP contribution in [0.25, 0.3) is 11.7 Å². The third-order valence-electron chi connectivity index (χ3n) is 5.25. The number of nitrogens with zero attached hydrogens (tertiary/aromatic N) is 4. The predicted molar refractivity (Wildman–Crippen MR) is 103 cm³/mol. The highest BCUT2D eigenvalue weighted by atomic mass is 16.7. The van der Waals surface area contributed by atoms with Gasteiger partial charge in [0.2, 0.25) is 12.7 Å². The summed E-state index contributed by atoms with van der Waals surface area (Å²) in [5.41, 5.74) is 1.75. The van der Waals surface area contributed by atoms with E-state index in [-0.39, 0.29) is 18.6 Å². The van der Waals surface area contributed by atoms with Gasteiger partial charge in [0.1, 0.15) is 5.82 Å². The summed E-state index contributed by atoms with van der Waals surface area (Å²) in [5.74, 6) is 2.58. The largest absolute Gasteiger partial charge is 0.454 e. The first-order chi connectivity index (χ1) is 13.8. The SMILES string of the molecule is O=C(/C=C/c1ccc2c(c1)OCO2)N1CCC[C@H](c2nnc3ccccn23)C1. The van der Waals surface area contributed by atoms with Crippen LogP contribution in [0.5, 0.6) is 11.5 Å². The molecule has 1 saturated heterocycles. The standard InChI is InChI=1S/C21H20N4O3/c26-20(9-7-15-6-8-17-18(12-15)28-14-27-17)24-10-3-4-16(13-24)21-23-22-19-5-1-2-11-25(19)21/h1-2,5-9,11-12,16H,3-4,10,13-14H2/b9-7+/t16-/m0/s1. The minimum absolute atomic E-state index is 0.0104. The van der Waals surface area contributed by atoms with E-state index in [9.17, 15) is 4.79 Å². The maximum absolute atomic E-state index is 12.7. The average Bonchev–Trinajstić information content (AvgIpc) is 3.38. The van der Waals surface area contributed by atoms with Gasteiger partial charge in [-0.25, -0.2) is 0 Å². The van der Waals surface area contributed by atoms with Gasteiger partial charge in [0.15, 0.2) is 17.1 Å². The fraction of sp³-hybridized carbons (Fsp3) is 0.286. The molecule has 142 valence electrons. The Morgan fingerprint density at radius 2 is 2.07 bits per heavy atom. The van der Waals surface area contributed by atoms with Gasteiger partial charge in [0.25, 0.3) is 0 Å². The number of rotatable bonds is 3. The molecular formula is C21H20N4O3. The smallest absolute Gasteiger partial charge is 0.246 e. The van der Waals surface area contributed by atoms with E-state index in [1.54, 1.807) is 6.08 Å². The number of hydrogen-bond acceptors (Lipinski definition) is 5. The lowest BCUT2D eigenvalue weighted by molar-refractivity contribution is -0.127. The summed E-state index contributed by atoms with van der Waals surface area (Å²) >= 11 is 0. The summed E-state index contributed by atoms with van der Waals surface area (Å²) < 4.78 is 12.7. The zero-order valence-electron chi connectivity index (χ0n) is 15.3. The van der Waals surface area contributed by atoms with Crippen molar-refractivity contribution in [3.63, 3.8) is 0 Å². The van der Waals surface area contributed by atoms with E-state index in [4.69, 9.17) is 9.47 Å². The monoisotopic (exact) mass is 376 g/mol. The van der Waals surface area contributed by atoms with Crippen LogP contribution in [0.2, 0.25) is 0 Å². The van der Waals surface area contributed by atoms with E-state index in [2.05, 4.69) is 10.2 Å². The van der Waals surface area contributed by atoms with Crippen molar-refractivity contribution in [2.45, 2.75) is 18.8 Å². The molecule has 1 fully saturated rings. The number of benzene rings is 1. The summed E-state index contributed by atoms with van der Waals surface area (Å²) in [7, 11) is 0. The third kappa shape index (κ3) is 3.09. The highest BCUT2D eigenvalue weighted by molar-refractivity contribution is 5.92. The van der Waals surface area contributed by atoms with Crippen LogP contribution in [0.1, 0.15) is 30.1 Å². The van der Waals surface area contributed by atoms with Gasteiger partial charge >= 0.3 is 0 Å². The van der Waals surface area contributed by atoms with E-state index in [0.29, 0.717) is 12.3 Å². The number of carbonyl (C=O) groups is 1. The quantitative estimate of drug-likeness (QED) is 0.658. The summed E-state index contributed by atoms with van der Waals surface area (Å²) in [6.07, 6.45) is 7.38. The zero-order valence-corrected chi connectivity index (χ0v) is 15.3. The van der Waals surface area contributed by atoms with Crippen LogP contribution in [0.15, 0.2) is 48.7 Å². The number of likely N-dealkylation sites (tertiary alicyclic amines) is 1. The minimum atomic E-state index is 0.0104. The Bertz CT molecular complexity index is 1060. The van der Waals surface area contributed by atoms with Crippen LogP contribution in [0.3, 0.4) is 0 Å². The number of ether oxygens (including phenoxy) is 2. The van der Waals surface area contributed by atoms with Crippen molar-refractivity contribution >= 4 is 17.6 Å². The van der Waals surface area contributed by atoms with E-state index in [1.807, 2.05) is 58.0 Å². The molecule has 0 bridgehead atoms. The predicted octanol–water partition coefficient (Wildman–Crippen LogP) is 2.88. The molecule has 28 heavy (non-hydrogen) atoms. The number of pyridine rings is 1. The molecule has 0 spiro atoms. The molecule has 2 aromatic heterocycles. The first-order valence-electron chi connectivity index (χ1n) is 9.44. The molecule has 0 aliphatic carbocycles. The maximum Gasteiger partial charge on any atom is 0.246 e. The lowest BCUT2D eigenvalue weighted by Crippen LogP contribution is -2.38. The second kappa shape index (κ2) is 6.99. The number of carbonyl (C=O) groups excluding carboxylic acids is 1. The number of piperidine rings is 1. The van der Waals surface area contributed by atoms with Gasteiger partial charge in [-0.1, -0.05) is 12.1 Å². The molecule has 7 heteroatoms. The number of hydrogen-bond donors (Lipinski definition) is 0. The van der Waals surface area contributed by atoms with Gasteiger partial charge in [0.05, 0.1) is 0 Å². The van der Waals surface area contributed by atoms with Crippen LogP contribution in [0, 0.1) is 0 Å². The third-order valence-corrected chi connectivity index (χ3v) is 5.25. The summed E-state index contributed by atoms with van der Waals surface area (Å²) in [4.78, 5) is 14.6. The highest BCUT2D eigenvalue weighted by Gasteiger charge is 2.27. The molecule has 1 amide bonds. The van der Waals surface area contributed by atoms with E-state index < -0.39 is 0 Å². The molecule has 7 nitrogen and oxygen atoms in total. The van der Waals surface area contributed by atoms with Crippen molar-refractivity contribution in [2.24, 2.45) is 0 Å². The number of fused-ring (bicyclic) bond motifs is 2. The second-order valence-electron chi connectivity index (χ2n) is 7.06. The van der Waals surface area contributed by atoms with Crippen LogP contribution in [-0.4, -0.2) is 45.3 Å². The molecule has 2 aliphatic rings. The Balaban J connectivity index is 1.30. The van der Waals surface area contributed by atoms with Gasteiger partial charge in [-0.2, -0.15) is 0 Å². The first kappa shape index (κ1) is 16.8. The Labute approximate surface area is 162 Å². The molecule has 0 saturated carbocycles. The molecule has 0 unspecified atom stereocenters. The van der Waals surface area contributed by atoms with E-state index in [0.717, 1.165) is 42.2 Å². The molecule has 0 N–H and O–H groups in total. The van der Waals surface area contributed by atoms with Gasteiger partial charge in [0, 0.05) is 31.3 Å². The first-order valence-corrected chi connectivity index (χ1v) is 9.44. The van der Waals surface area contributed by atoms with Crippen molar-refractivity contribution in [1.82, 2.24) is 19.5 Å². The van der Waals surface area contributed by atoms with Gasteiger partial charge < -0.3 is 14.4 Å². The lowest BCUT2D eigenvalue weighted by atomic mass is 9.97. The summed E-state index contributed by atoms with van der Waals surface area (Å²) in [6.45, 7) is 1.66. The van der Waals surface area contributed by atoms with Gasteiger partial charge in [-0.3, -0.25) is 9.20 Å². The topological polar surface area (TPSA) is 69.0 Å². The lowest BCUT2D eigenvalue weighted by Gasteiger charge is -2.31. The summed E-state index contributed by atoms with van der Waals surface area (Å²) in [5, 5.41) is 8.61. The minimum Gasteiger partial charge on any atom is -0.454 e. The fourth-order valence-electron chi connectivity index (χ4n) is 3.82. The van der Waals surface area contributed by atoms with Crippen LogP contribution >= 0.6 is 0 Å². The van der Waals surface area contributed by atoms with Crippen molar-refractivity contribution in [3.8, 4) is 11.5 Å². The van der Waals surface area contributed by atoms with E-state index >= 15 is 0 Å². The molecular weight excluding hydrogens is 356 g/mol. The average molecular weight is 376 g/mol. The molecule has 5 rings (SSSR count). The molecule has 1 aromatic carbocycles. The van der Waals surface area contributed by atoms with Crippen LogP contribution < -0.4 is 9.47 Å². The van der Waals surface area contributed by atoms with Crippen LogP contribution in [-0.2, 0) is 4.79 Å². The van der Waals surface area contributed by atoms with Crippen LogP contribution in [0.4, 0.5) is 0 Å². The molecule has 3 aromatic rings. The molecule has 1 atom stereocenters. The van der Waals surface area contributed by atoms with E-state index in [1.165, 1.54) is 0 Å². The van der Waals surface area contributed by atoms with Gasteiger partial charge in [-0.05, 0) is 48.7 Å². The Morgan fingerprint density at radius 1 is 1.14 bits per heavy atom. The van der Waals surface area contributed by atoms with Gasteiger partial charge in [-0.15, -0.1) is 10.2 Å². The Hall–Kier alpha value is -3.35.